The van der Waals surface area contributed by atoms with Crippen molar-refractivity contribution < 1.29 is 14.3 Å². The summed E-state index contributed by atoms with van der Waals surface area (Å²) in [5, 5.41) is 6.41. The van der Waals surface area contributed by atoms with E-state index in [1.54, 1.807) is 30.5 Å². The number of aromatic nitrogens is 2. The standard InChI is InChI=1S/C22H22N6O3S/c23-20(29)21(30)25-16-2-1-3-18(14-16)32-19-8-9-24-22(27-19)26-15-4-6-17(7-5-15)28-10-12-31-13-11-28/h1-9,14H,10-13H2,(H2,23,29)(H,25,30)(H,24,26,27). The summed E-state index contributed by atoms with van der Waals surface area (Å²) >= 11 is 1.41. The van der Waals surface area contributed by atoms with Crippen LogP contribution in [0.15, 0.2) is 70.7 Å². The number of morpholine rings is 1. The van der Waals surface area contributed by atoms with Crippen LogP contribution < -0.4 is 21.3 Å². The van der Waals surface area contributed by atoms with Gasteiger partial charge in [0.1, 0.15) is 5.03 Å². The lowest BCUT2D eigenvalue weighted by Crippen LogP contribution is -2.36. The average molecular weight is 451 g/mol. The molecule has 10 heteroatoms. The van der Waals surface area contributed by atoms with E-state index in [9.17, 15) is 9.59 Å². The average Bonchev–Trinajstić information content (AvgIpc) is 2.80. The maximum atomic E-state index is 11.5. The Kier molecular flexibility index (Phi) is 6.83. The highest BCUT2D eigenvalue weighted by atomic mass is 32.2. The van der Waals surface area contributed by atoms with E-state index in [2.05, 4.69) is 37.6 Å². The van der Waals surface area contributed by atoms with Crippen LogP contribution in [0.4, 0.5) is 23.0 Å². The van der Waals surface area contributed by atoms with Crippen LogP contribution in [0.2, 0.25) is 0 Å². The van der Waals surface area contributed by atoms with Crippen molar-refractivity contribution in [3.8, 4) is 0 Å². The number of benzene rings is 2. The van der Waals surface area contributed by atoms with Gasteiger partial charge in [-0.2, -0.15) is 0 Å². The van der Waals surface area contributed by atoms with Gasteiger partial charge >= 0.3 is 11.8 Å². The summed E-state index contributed by atoms with van der Waals surface area (Å²) in [6, 6.07) is 17.0. The number of hydrogen-bond acceptors (Lipinski definition) is 8. The first-order valence-electron chi connectivity index (χ1n) is 9.98. The van der Waals surface area contributed by atoms with Gasteiger partial charge in [0, 0.05) is 41.2 Å². The Morgan fingerprint density at radius 1 is 1.03 bits per heavy atom. The van der Waals surface area contributed by atoms with Crippen LogP contribution in [-0.4, -0.2) is 48.1 Å². The SMILES string of the molecule is NC(=O)C(=O)Nc1cccc(Sc2ccnc(Nc3ccc(N4CCOCC4)cc3)n2)c1. The lowest BCUT2D eigenvalue weighted by molar-refractivity contribution is -0.134. The van der Waals surface area contributed by atoms with E-state index in [4.69, 9.17) is 10.5 Å². The van der Waals surface area contributed by atoms with Crippen molar-refractivity contribution in [3.63, 3.8) is 0 Å². The van der Waals surface area contributed by atoms with Gasteiger partial charge in [-0.25, -0.2) is 9.97 Å². The van der Waals surface area contributed by atoms with Crippen LogP contribution in [0.25, 0.3) is 0 Å². The lowest BCUT2D eigenvalue weighted by Gasteiger charge is -2.28. The van der Waals surface area contributed by atoms with Crippen molar-refractivity contribution in [2.24, 2.45) is 5.73 Å². The monoisotopic (exact) mass is 450 g/mol. The van der Waals surface area contributed by atoms with E-state index < -0.39 is 11.8 Å². The molecule has 164 valence electrons. The third kappa shape index (κ3) is 5.74. The Morgan fingerprint density at radius 2 is 1.81 bits per heavy atom. The molecule has 4 rings (SSSR count). The van der Waals surface area contributed by atoms with E-state index in [0.29, 0.717) is 11.6 Å². The van der Waals surface area contributed by atoms with Crippen molar-refractivity contribution in [2.45, 2.75) is 9.92 Å². The number of carbonyl (C=O) groups is 2. The predicted molar refractivity (Wildman–Crippen MR) is 123 cm³/mol. The van der Waals surface area contributed by atoms with Gasteiger partial charge in [-0.1, -0.05) is 17.8 Å². The van der Waals surface area contributed by atoms with Gasteiger partial charge in [-0.05, 0) is 48.5 Å². The molecule has 2 heterocycles. The van der Waals surface area contributed by atoms with Crippen LogP contribution in [-0.2, 0) is 14.3 Å². The summed E-state index contributed by atoms with van der Waals surface area (Å²) in [4.78, 5) is 34.4. The second kappa shape index (κ2) is 10.1. The summed E-state index contributed by atoms with van der Waals surface area (Å²) in [6.45, 7) is 3.28. The summed E-state index contributed by atoms with van der Waals surface area (Å²) < 4.78 is 5.40. The van der Waals surface area contributed by atoms with E-state index >= 15 is 0 Å². The normalized spacial score (nSPS) is 13.4. The molecular weight excluding hydrogens is 428 g/mol. The van der Waals surface area contributed by atoms with Crippen molar-refractivity contribution >= 4 is 46.6 Å². The predicted octanol–water partition coefficient (Wildman–Crippen LogP) is 2.63. The molecule has 0 unspecified atom stereocenters. The maximum Gasteiger partial charge on any atom is 0.313 e. The minimum absolute atomic E-state index is 0.478. The number of amides is 2. The highest BCUT2D eigenvalue weighted by Gasteiger charge is 2.12. The van der Waals surface area contributed by atoms with Crippen molar-refractivity contribution in [3.05, 3.63) is 60.8 Å². The molecule has 1 aliphatic heterocycles. The zero-order valence-electron chi connectivity index (χ0n) is 17.2. The van der Waals surface area contributed by atoms with Gasteiger partial charge in [0.25, 0.3) is 0 Å². The first-order valence-corrected chi connectivity index (χ1v) is 10.8. The molecule has 3 aromatic rings. The van der Waals surface area contributed by atoms with E-state index in [0.717, 1.165) is 47.6 Å². The lowest BCUT2D eigenvalue weighted by atomic mass is 10.2. The Hall–Kier alpha value is -3.63. The molecule has 0 radical (unpaired) electrons. The number of nitrogens with one attached hydrogen (secondary N) is 2. The molecule has 1 aliphatic rings. The zero-order chi connectivity index (χ0) is 22.3. The first kappa shape index (κ1) is 21.6. The molecule has 1 fully saturated rings. The third-order valence-corrected chi connectivity index (χ3v) is 5.59. The molecule has 1 aromatic heterocycles. The van der Waals surface area contributed by atoms with Gasteiger partial charge in [-0.3, -0.25) is 9.59 Å². The van der Waals surface area contributed by atoms with Crippen molar-refractivity contribution in [2.75, 3.05) is 41.8 Å². The molecule has 9 nitrogen and oxygen atoms in total. The molecule has 0 aliphatic carbocycles. The fourth-order valence-corrected chi connectivity index (χ4v) is 3.95. The van der Waals surface area contributed by atoms with Gasteiger partial charge in [0.15, 0.2) is 0 Å². The minimum Gasteiger partial charge on any atom is -0.378 e. The largest absolute Gasteiger partial charge is 0.378 e. The topological polar surface area (TPSA) is 122 Å². The van der Waals surface area contributed by atoms with Gasteiger partial charge in [-0.15, -0.1) is 0 Å². The Labute approximate surface area is 189 Å². The Morgan fingerprint density at radius 3 is 2.56 bits per heavy atom. The smallest absolute Gasteiger partial charge is 0.313 e. The van der Waals surface area contributed by atoms with Gasteiger partial charge < -0.3 is 26.0 Å². The summed E-state index contributed by atoms with van der Waals surface area (Å²) in [6.07, 6.45) is 1.68. The van der Waals surface area contributed by atoms with E-state index in [-0.39, 0.29) is 0 Å². The number of anilines is 4. The molecule has 4 N–H and O–H groups in total. The van der Waals surface area contributed by atoms with Gasteiger partial charge in [0.2, 0.25) is 5.95 Å². The summed E-state index contributed by atoms with van der Waals surface area (Å²) in [7, 11) is 0. The first-order chi connectivity index (χ1) is 15.6. The van der Waals surface area contributed by atoms with Crippen LogP contribution in [0, 0.1) is 0 Å². The number of ether oxygens (including phenoxy) is 1. The fraction of sp³-hybridized carbons (Fsp3) is 0.182. The van der Waals surface area contributed by atoms with Crippen molar-refractivity contribution in [1.82, 2.24) is 9.97 Å². The van der Waals surface area contributed by atoms with Crippen molar-refractivity contribution in [1.29, 1.82) is 0 Å². The number of nitrogens with two attached hydrogens (primary N) is 1. The molecule has 0 saturated carbocycles. The number of nitrogens with zero attached hydrogens (tertiary/aromatic N) is 3. The molecule has 0 bridgehead atoms. The second-order valence-electron chi connectivity index (χ2n) is 6.94. The van der Waals surface area contributed by atoms with Crippen LogP contribution in [0.3, 0.4) is 0 Å². The van der Waals surface area contributed by atoms with Gasteiger partial charge in [0.05, 0.1) is 13.2 Å². The highest BCUT2D eigenvalue weighted by molar-refractivity contribution is 7.99. The number of hydrogen-bond donors (Lipinski definition) is 3. The second-order valence-corrected chi connectivity index (χ2v) is 8.03. The van der Waals surface area contributed by atoms with Crippen LogP contribution in [0.5, 0.6) is 0 Å². The maximum absolute atomic E-state index is 11.5. The molecule has 2 amide bonds. The quantitative estimate of drug-likeness (QED) is 0.387. The summed E-state index contributed by atoms with van der Waals surface area (Å²) in [5.74, 6) is -1.42. The number of primary amides is 1. The third-order valence-electron chi connectivity index (χ3n) is 4.67. The van der Waals surface area contributed by atoms with Crippen LogP contribution >= 0.6 is 11.8 Å². The highest BCUT2D eigenvalue weighted by Crippen LogP contribution is 2.29. The number of rotatable bonds is 6. The van der Waals surface area contributed by atoms with E-state index in [1.807, 2.05) is 18.2 Å². The molecule has 0 spiro atoms. The molecule has 2 aromatic carbocycles. The molecule has 1 saturated heterocycles. The summed E-state index contributed by atoms with van der Waals surface area (Å²) in [5.41, 5.74) is 7.51. The molecule has 0 atom stereocenters. The fourth-order valence-electron chi connectivity index (χ4n) is 3.12. The Balaban J connectivity index is 1.40. The minimum atomic E-state index is -1.03. The van der Waals surface area contributed by atoms with E-state index in [1.165, 1.54) is 11.8 Å². The Bertz CT molecular complexity index is 1100. The molecular formula is C22H22N6O3S. The number of carbonyl (C=O) groups excluding carboxylic acids is 2. The van der Waals surface area contributed by atoms with Crippen LogP contribution in [0.1, 0.15) is 0 Å². The molecule has 32 heavy (non-hydrogen) atoms. The zero-order valence-corrected chi connectivity index (χ0v) is 18.0.